The van der Waals surface area contributed by atoms with E-state index in [2.05, 4.69) is 36.4 Å². The molecule has 1 atom stereocenters. The number of aryl methyl sites for hydroxylation is 1. The molecule has 126 valence electrons. The van der Waals surface area contributed by atoms with Crippen LogP contribution in [0.15, 0.2) is 42.7 Å². The maximum atomic E-state index is 8.98. The standard InChI is InChI=1S/C18H23N5O/c1-13(20-16-11-19-22(12-16)9-10-24)18-14(2)21-23(15(18)3)17-7-5-4-6-8-17/h4-8,11-13,20,24H,9-10H2,1-3H3. The second-order valence-electron chi connectivity index (χ2n) is 5.91. The Morgan fingerprint density at radius 3 is 2.67 bits per heavy atom. The Labute approximate surface area is 141 Å². The van der Waals surface area contributed by atoms with Crippen molar-refractivity contribution in [3.05, 3.63) is 59.7 Å². The normalized spacial score (nSPS) is 12.3. The Morgan fingerprint density at radius 2 is 1.96 bits per heavy atom. The van der Waals surface area contributed by atoms with Gasteiger partial charge in [0.05, 0.1) is 42.5 Å². The number of benzene rings is 1. The summed E-state index contributed by atoms with van der Waals surface area (Å²) in [7, 11) is 0. The van der Waals surface area contributed by atoms with Crippen LogP contribution in [0.5, 0.6) is 0 Å². The zero-order chi connectivity index (χ0) is 17.1. The van der Waals surface area contributed by atoms with Crippen LogP contribution < -0.4 is 5.32 Å². The van der Waals surface area contributed by atoms with Gasteiger partial charge in [0.2, 0.25) is 0 Å². The van der Waals surface area contributed by atoms with E-state index in [1.165, 1.54) is 5.56 Å². The van der Waals surface area contributed by atoms with E-state index in [0.717, 1.165) is 22.8 Å². The van der Waals surface area contributed by atoms with Gasteiger partial charge in [-0.3, -0.25) is 4.68 Å². The summed E-state index contributed by atoms with van der Waals surface area (Å²) in [4.78, 5) is 0. The topological polar surface area (TPSA) is 67.9 Å². The molecule has 2 aromatic heterocycles. The lowest BCUT2D eigenvalue weighted by atomic mass is 10.1. The molecule has 0 spiro atoms. The van der Waals surface area contributed by atoms with Gasteiger partial charge < -0.3 is 10.4 Å². The van der Waals surface area contributed by atoms with Crippen molar-refractivity contribution in [3.63, 3.8) is 0 Å². The predicted molar refractivity (Wildman–Crippen MR) is 94.4 cm³/mol. The van der Waals surface area contributed by atoms with Crippen LogP contribution in [0.2, 0.25) is 0 Å². The van der Waals surface area contributed by atoms with Gasteiger partial charge in [-0.05, 0) is 32.9 Å². The number of aliphatic hydroxyl groups excluding tert-OH is 1. The maximum absolute atomic E-state index is 8.98. The fourth-order valence-electron chi connectivity index (χ4n) is 3.09. The van der Waals surface area contributed by atoms with Gasteiger partial charge in [0.25, 0.3) is 0 Å². The van der Waals surface area contributed by atoms with E-state index < -0.39 is 0 Å². The zero-order valence-corrected chi connectivity index (χ0v) is 14.3. The molecule has 2 heterocycles. The molecule has 3 rings (SSSR count). The van der Waals surface area contributed by atoms with Crippen molar-refractivity contribution in [2.45, 2.75) is 33.4 Å². The van der Waals surface area contributed by atoms with Gasteiger partial charge in [0.15, 0.2) is 0 Å². The molecule has 2 N–H and O–H groups in total. The monoisotopic (exact) mass is 325 g/mol. The van der Waals surface area contributed by atoms with Crippen LogP contribution in [0.25, 0.3) is 5.69 Å². The Morgan fingerprint density at radius 1 is 1.21 bits per heavy atom. The molecule has 3 aromatic rings. The van der Waals surface area contributed by atoms with Gasteiger partial charge in [-0.15, -0.1) is 0 Å². The molecule has 0 aliphatic rings. The van der Waals surface area contributed by atoms with Gasteiger partial charge in [-0.25, -0.2) is 4.68 Å². The van der Waals surface area contributed by atoms with Crippen LogP contribution in [0.1, 0.15) is 29.9 Å². The quantitative estimate of drug-likeness (QED) is 0.731. The third-order valence-corrected chi connectivity index (χ3v) is 4.13. The molecule has 1 unspecified atom stereocenters. The fourth-order valence-corrected chi connectivity index (χ4v) is 3.09. The molecule has 0 saturated carbocycles. The van der Waals surface area contributed by atoms with E-state index in [1.807, 2.05) is 36.0 Å². The first kappa shape index (κ1) is 16.3. The van der Waals surface area contributed by atoms with Crippen molar-refractivity contribution < 1.29 is 5.11 Å². The van der Waals surface area contributed by atoms with Gasteiger partial charge in [-0.1, -0.05) is 18.2 Å². The average Bonchev–Trinajstić information content (AvgIpc) is 3.12. The largest absolute Gasteiger partial charge is 0.394 e. The van der Waals surface area contributed by atoms with Crippen LogP contribution in [0.3, 0.4) is 0 Å². The number of nitrogens with one attached hydrogen (secondary N) is 1. The van der Waals surface area contributed by atoms with Gasteiger partial charge in [0.1, 0.15) is 0 Å². The van der Waals surface area contributed by atoms with Crippen LogP contribution in [0.4, 0.5) is 5.69 Å². The number of nitrogens with zero attached hydrogens (tertiary/aromatic N) is 4. The van der Waals surface area contributed by atoms with Gasteiger partial charge in [0, 0.05) is 17.5 Å². The highest BCUT2D eigenvalue weighted by molar-refractivity contribution is 5.45. The van der Waals surface area contributed by atoms with E-state index >= 15 is 0 Å². The van der Waals surface area contributed by atoms with Crippen LogP contribution >= 0.6 is 0 Å². The summed E-state index contributed by atoms with van der Waals surface area (Å²) in [5, 5.41) is 21.4. The summed E-state index contributed by atoms with van der Waals surface area (Å²) in [6.45, 7) is 6.83. The molecule has 0 saturated heterocycles. The molecule has 0 fully saturated rings. The molecule has 0 aliphatic heterocycles. The molecule has 24 heavy (non-hydrogen) atoms. The number of anilines is 1. The van der Waals surface area contributed by atoms with E-state index in [0.29, 0.717) is 6.54 Å². The lowest BCUT2D eigenvalue weighted by Gasteiger charge is -2.15. The first-order chi connectivity index (χ1) is 11.6. The summed E-state index contributed by atoms with van der Waals surface area (Å²) in [6.07, 6.45) is 3.68. The number of aliphatic hydroxyl groups is 1. The molecule has 0 amide bonds. The summed E-state index contributed by atoms with van der Waals surface area (Å²) in [6, 6.07) is 10.3. The molecule has 6 heteroatoms. The third-order valence-electron chi connectivity index (χ3n) is 4.13. The van der Waals surface area contributed by atoms with Crippen LogP contribution in [-0.2, 0) is 6.54 Å². The van der Waals surface area contributed by atoms with Gasteiger partial charge in [-0.2, -0.15) is 10.2 Å². The average molecular weight is 325 g/mol. The number of hydrogen-bond acceptors (Lipinski definition) is 4. The van der Waals surface area contributed by atoms with E-state index in [1.54, 1.807) is 10.9 Å². The van der Waals surface area contributed by atoms with Crippen molar-refractivity contribution in [2.24, 2.45) is 0 Å². The number of hydrogen-bond donors (Lipinski definition) is 2. The Hall–Kier alpha value is -2.60. The first-order valence-electron chi connectivity index (χ1n) is 8.11. The summed E-state index contributed by atoms with van der Waals surface area (Å²) in [5.74, 6) is 0. The van der Waals surface area contributed by atoms with Crippen molar-refractivity contribution in [2.75, 3.05) is 11.9 Å². The van der Waals surface area contributed by atoms with Crippen molar-refractivity contribution in [3.8, 4) is 5.69 Å². The molecule has 0 bridgehead atoms. The Kier molecular flexibility index (Phi) is 4.66. The van der Waals surface area contributed by atoms with Crippen molar-refractivity contribution in [1.29, 1.82) is 0 Å². The lowest BCUT2D eigenvalue weighted by molar-refractivity contribution is 0.269. The minimum atomic E-state index is 0.0821. The summed E-state index contributed by atoms with van der Waals surface area (Å²) >= 11 is 0. The Bertz CT molecular complexity index is 806. The maximum Gasteiger partial charge on any atom is 0.0731 e. The first-order valence-corrected chi connectivity index (χ1v) is 8.11. The highest BCUT2D eigenvalue weighted by Gasteiger charge is 2.18. The number of aromatic nitrogens is 4. The molecule has 1 aromatic carbocycles. The van der Waals surface area contributed by atoms with Crippen molar-refractivity contribution >= 4 is 5.69 Å². The highest BCUT2D eigenvalue weighted by Crippen LogP contribution is 2.26. The zero-order valence-electron chi connectivity index (χ0n) is 14.3. The Balaban J connectivity index is 1.84. The summed E-state index contributed by atoms with van der Waals surface area (Å²) < 4.78 is 3.71. The second kappa shape index (κ2) is 6.88. The number of para-hydroxylation sites is 1. The smallest absolute Gasteiger partial charge is 0.0731 e. The second-order valence-corrected chi connectivity index (χ2v) is 5.91. The minimum Gasteiger partial charge on any atom is -0.394 e. The van der Waals surface area contributed by atoms with Crippen LogP contribution in [-0.4, -0.2) is 31.3 Å². The number of rotatable bonds is 6. The fraction of sp³-hybridized carbons (Fsp3) is 0.333. The van der Waals surface area contributed by atoms with E-state index in [4.69, 9.17) is 10.2 Å². The van der Waals surface area contributed by atoms with E-state index in [-0.39, 0.29) is 12.6 Å². The molecule has 6 nitrogen and oxygen atoms in total. The minimum absolute atomic E-state index is 0.0821. The van der Waals surface area contributed by atoms with Gasteiger partial charge >= 0.3 is 0 Å². The molecule has 0 radical (unpaired) electrons. The van der Waals surface area contributed by atoms with Crippen LogP contribution in [0, 0.1) is 13.8 Å². The molecule has 0 aliphatic carbocycles. The molecular weight excluding hydrogens is 302 g/mol. The molecular formula is C18H23N5O. The summed E-state index contributed by atoms with van der Waals surface area (Å²) in [5.41, 5.74) is 5.32. The predicted octanol–water partition coefficient (Wildman–Crippen LogP) is 2.85. The third kappa shape index (κ3) is 3.19. The lowest BCUT2D eigenvalue weighted by Crippen LogP contribution is -2.09. The van der Waals surface area contributed by atoms with E-state index in [9.17, 15) is 0 Å². The highest BCUT2D eigenvalue weighted by atomic mass is 16.3. The van der Waals surface area contributed by atoms with Crippen molar-refractivity contribution in [1.82, 2.24) is 19.6 Å². The SMILES string of the molecule is Cc1nn(-c2ccccc2)c(C)c1C(C)Nc1cnn(CCO)c1.